The molecule has 1 atom stereocenters. The molecular formula is C15H26N2O2. The standard InChI is InChI=1S/C15H26N2O2/c1-5-17(6-2)10-11-19-14-9-7-8-13(18-4)15(14)12(3)16/h7-9,12H,5-6,10-11,16H2,1-4H3/t12-/m0/s1. The zero-order chi connectivity index (χ0) is 14.3. The molecule has 0 saturated heterocycles. The summed E-state index contributed by atoms with van der Waals surface area (Å²) in [6.45, 7) is 9.91. The minimum Gasteiger partial charge on any atom is -0.496 e. The van der Waals surface area contributed by atoms with Crippen LogP contribution in [0.15, 0.2) is 18.2 Å². The number of hydrogen-bond acceptors (Lipinski definition) is 4. The largest absolute Gasteiger partial charge is 0.496 e. The van der Waals surface area contributed by atoms with E-state index < -0.39 is 0 Å². The Morgan fingerprint density at radius 3 is 2.37 bits per heavy atom. The fraction of sp³-hybridized carbons (Fsp3) is 0.600. The summed E-state index contributed by atoms with van der Waals surface area (Å²) in [5.41, 5.74) is 6.94. The van der Waals surface area contributed by atoms with Gasteiger partial charge < -0.3 is 20.1 Å². The van der Waals surface area contributed by atoms with Gasteiger partial charge in [0.05, 0.1) is 12.7 Å². The lowest BCUT2D eigenvalue weighted by atomic mass is 10.1. The Hall–Kier alpha value is -1.26. The average molecular weight is 266 g/mol. The molecule has 4 heteroatoms. The Bertz CT molecular complexity index is 376. The van der Waals surface area contributed by atoms with Crippen LogP contribution in [0.3, 0.4) is 0 Å². The van der Waals surface area contributed by atoms with Gasteiger partial charge in [-0.3, -0.25) is 0 Å². The molecule has 0 heterocycles. The van der Waals surface area contributed by atoms with Crippen LogP contribution >= 0.6 is 0 Å². The average Bonchev–Trinajstić information content (AvgIpc) is 2.42. The third kappa shape index (κ3) is 4.40. The number of benzene rings is 1. The van der Waals surface area contributed by atoms with Gasteiger partial charge in [-0.25, -0.2) is 0 Å². The molecule has 108 valence electrons. The fourth-order valence-corrected chi connectivity index (χ4v) is 2.10. The van der Waals surface area contributed by atoms with E-state index in [4.69, 9.17) is 15.2 Å². The third-order valence-electron chi connectivity index (χ3n) is 3.26. The second-order valence-electron chi connectivity index (χ2n) is 4.54. The molecule has 0 radical (unpaired) electrons. The van der Waals surface area contributed by atoms with Crippen LogP contribution in [-0.4, -0.2) is 38.3 Å². The van der Waals surface area contributed by atoms with Crippen LogP contribution in [-0.2, 0) is 0 Å². The van der Waals surface area contributed by atoms with Crippen molar-refractivity contribution in [3.05, 3.63) is 23.8 Å². The molecule has 0 saturated carbocycles. The molecule has 0 unspecified atom stereocenters. The molecule has 0 spiro atoms. The highest BCUT2D eigenvalue weighted by molar-refractivity contribution is 5.46. The van der Waals surface area contributed by atoms with Crippen molar-refractivity contribution in [3.8, 4) is 11.5 Å². The van der Waals surface area contributed by atoms with Crippen molar-refractivity contribution >= 4 is 0 Å². The molecule has 4 nitrogen and oxygen atoms in total. The van der Waals surface area contributed by atoms with Gasteiger partial charge in [-0.1, -0.05) is 19.9 Å². The second kappa shape index (κ2) is 8.02. The van der Waals surface area contributed by atoms with Crippen LogP contribution < -0.4 is 15.2 Å². The van der Waals surface area contributed by atoms with E-state index in [-0.39, 0.29) is 6.04 Å². The van der Waals surface area contributed by atoms with Crippen LogP contribution in [0.2, 0.25) is 0 Å². The first-order chi connectivity index (χ1) is 9.13. The van der Waals surface area contributed by atoms with E-state index in [9.17, 15) is 0 Å². The third-order valence-corrected chi connectivity index (χ3v) is 3.26. The Morgan fingerprint density at radius 2 is 1.84 bits per heavy atom. The second-order valence-corrected chi connectivity index (χ2v) is 4.54. The van der Waals surface area contributed by atoms with Crippen LogP contribution in [0.5, 0.6) is 11.5 Å². The summed E-state index contributed by atoms with van der Waals surface area (Å²) < 4.78 is 11.2. The van der Waals surface area contributed by atoms with E-state index in [0.717, 1.165) is 36.7 Å². The predicted octanol–water partition coefficient (Wildman–Crippen LogP) is 2.44. The highest BCUT2D eigenvalue weighted by Gasteiger charge is 2.14. The van der Waals surface area contributed by atoms with Crippen molar-refractivity contribution in [2.24, 2.45) is 5.73 Å². The van der Waals surface area contributed by atoms with Gasteiger partial charge in [0.15, 0.2) is 0 Å². The first-order valence-corrected chi connectivity index (χ1v) is 6.91. The van der Waals surface area contributed by atoms with Crippen LogP contribution in [0.25, 0.3) is 0 Å². The van der Waals surface area contributed by atoms with Gasteiger partial charge >= 0.3 is 0 Å². The molecule has 1 aromatic rings. The topological polar surface area (TPSA) is 47.7 Å². The fourth-order valence-electron chi connectivity index (χ4n) is 2.10. The molecule has 0 aliphatic carbocycles. The molecular weight excluding hydrogens is 240 g/mol. The van der Waals surface area contributed by atoms with Gasteiger partial charge in [-0.05, 0) is 32.1 Å². The maximum Gasteiger partial charge on any atom is 0.127 e. The molecule has 0 aromatic heterocycles. The molecule has 1 aromatic carbocycles. The zero-order valence-electron chi connectivity index (χ0n) is 12.5. The maximum absolute atomic E-state index is 6.00. The number of rotatable bonds is 8. The van der Waals surface area contributed by atoms with Crippen molar-refractivity contribution in [2.75, 3.05) is 33.4 Å². The highest BCUT2D eigenvalue weighted by Crippen LogP contribution is 2.32. The molecule has 0 amide bonds. The number of hydrogen-bond donors (Lipinski definition) is 1. The summed E-state index contributed by atoms with van der Waals surface area (Å²) in [6.07, 6.45) is 0. The SMILES string of the molecule is CCN(CC)CCOc1cccc(OC)c1[C@H](C)N. The minimum atomic E-state index is -0.111. The summed E-state index contributed by atoms with van der Waals surface area (Å²) in [5.74, 6) is 1.61. The predicted molar refractivity (Wildman–Crippen MR) is 78.9 cm³/mol. The summed E-state index contributed by atoms with van der Waals surface area (Å²) in [5, 5.41) is 0. The molecule has 2 N–H and O–H groups in total. The van der Waals surface area contributed by atoms with Gasteiger partial charge in [-0.2, -0.15) is 0 Å². The van der Waals surface area contributed by atoms with Gasteiger partial charge in [0, 0.05) is 12.6 Å². The lowest BCUT2D eigenvalue weighted by Crippen LogP contribution is -2.28. The van der Waals surface area contributed by atoms with E-state index in [2.05, 4.69) is 18.7 Å². The van der Waals surface area contributed by atoms with Gasteiger partial charge in [-0.15, -0.1) is 0 Å². The lowest BCUT2D eigenvalue weighted by molar-refractivity contribution is 0.220. The van der Waals surface area contributed by atoms with Crippen LogP contribution in [0.4, 0.5) is 0 Å². The van der Waals surface area contributed by atoms with E-state index in [1.807, 2.05) is 25.1 Å². The monoisotopic (exact) mass is 266 g/mol. The summed E-state index contributed by atoms with van der Waals surface area (Å²) in [6, 6.07) is 5.68. The van der Waals surface area contributed by atoms with Gasteiger partial charge in [0.1, 0.15) is 18.1 Å². The van der Waals surface area contributed by atoms with Gasteiger partial charge in [0.25, 0.3) is 0 Å². The Kier molecular flexibility index (Phi) is 6.67. The zero-order valence-corrected chi connectivity index (χ0v) is 12.5. The van der Waals surface area contributed by atoms with Gasteiger partial charge in [0.2, 0.25) is 0 Å². The van der Waals surface area contributed by atoms with E-state index in [0.29, 0.717) is 6.61 Å². The Labute approximate surface area is 116 Å². The van der Waals surface area contributed by atoms with E-state index in [1.54, 1.807) is 7.11 Å². The Balaban J connectivity index is 2.72. The quantitative estimate of drug-likeness (QED) is 0.785. The molecule has 0 bridgehead atoms. The van der Waals surface area contributed by atoms with Crippen molar-refractivity contribution in [3.63, 3.8) is 0 Å². The Morgan fingerprint density at radius 1 is 1.21 bits per heavy atom. The van der Waals surface area contributed by atoms with Crippen molar-refractivity contribution < 1.29 is 9.47 Å². The number of nitrogens with two attached hydrogens (primary N) is 1. The van der Waals surface area contributed by atoms with E-state index >= 15 is 0 Å². The first-order valence-electron chi connectivity index (χ1n) is 6.91. The first kappa shape index (κ1) is 15.8. The summed E-state index contributed by atoms with van der Waals surface area (Å²) >= 11 is 0. The normalized spacial score (nSPS) is 12.5. The molecule has 1 rings (SSSR count). The minimum absolute atomic E-state index is 0.111. The van der Waals surface area contributed by atoms with Crippen LogP contribution in [0.1, 0.15) is 32.4 Å². The van der Waals surface area contributed by atoms with E-state index in [1.165, 1.54) is 0 Å². The number of ether oxygens (including phenoxy) is 2. The van der Waals surface area contributed by atoms with Crippen molar-refractivity contribution in [1.82, 2.24) is 4.90 Å². The highest BCUT2D eigenvalue weighted by atomic mass is 16.5. The molecule has 0 aliphatic rings. The molecule has 19 heavy (non-hydrogen) atoms. The number of methoxy groups -OCH3 is 1. The van der Waals surface area contributed by atoms with Crippen molar-refractivity contribution in [1.29, 1.82) is 0 Å². The summed E-state index contributed by atoms with van der Waals surface area (Å²) in [4.78, 5) is 2.33. The van der Waals surface area contributed by atoms with Crippen LogP contribution in [0, 0.1) is 0 Å². The number of likely N-dealkylation sites (N-methyl/N-ethyl adjacent to an activating group) is 1. The maximum atomic E-state index is 6.00. The number of nitrogens with zero attached hydrogens (tertiary/aromatic N) is 1. The summed E-state index contributed by atoms with van der Waals surface area (Å²) in [7, 11) is 1.65. The smallest absolute Gasteiger partial charge is 0.127 e. The van der Waals surface area contributed by atoms with Crippen molar-refractivity contribution in [2.45, 2.75) is 26.8 Å². The molecule has 0 aliphatic heterocycles. The lowest BCUT2D eigenvalue weighted by Gasteiger charge is -2.20. The molecule has 0 fully saturated rings.